The van der Waals surface area contributed by atoms with E-state index >= 15 is 0 Å². The largest absolute Gasteiger partial charge is 0.508 e. The number of hydrogen-bond acceptors (Lipinski definition) is 3. The van der Waals surface area contributed by atoms with Crippen molar-refractivity contribution in [3.8, 4) is 5.75 Å². The molecule has 4 aliphatic rings. The van der Waals surface area contributed by atoms with Crippen LogP contribution in [0.25, 0.3) is 0 Å². The summed E-state index contributed by atoms with van der Waals surface area (Å²) in [4.78, 5) is 11.9. The van der Waals surface area contributed by atoms with Gasteiger partial charge in [0.05, 0.1) is 6.10 Å². The van der Waals surface area contributed by atoms with Crippen LogP contribution in [0.3, 0.4) is 0 Å². The van der Waals surface area contributed by atoms with Crippen LogP contribution in [0.15, 0.2) is 30.3 Å². The molecular formula is C29H48O3. The van der Waals surface area contributed by atoms with E-state index < -0.39 is 0 Å². The molecule has 182 valence electrons. The molecular weight excluding hydrogens is 396 g/mol. The van der Waals surface area contributed by atoms with Gasteiger partial charge in [0.1, 0.15) is 11.5 Å². The SMILES string of the molecule is CC.CC.CC12CCC3C(CCC4CC(=O)CCC43C)C1CCC2O.Oc1ccccc1. The number of phenolic OH excluding ortho intramolecular Hbond substituents is 1. The molecule has 4 aliphatic carbocycles. The molecule has 4 saturated carbocycles. The Balaban J connectivity index is 0.000000278. The number of aromatic hydroxyl groups is 1. The van der Waals surface area contributed by atoms with E-state index in [1.165, 1.54) is 32.1 Å². The fraction of sp³-hybridized carbons (Fsp3) is 0.759. The van der Waals surface area contributed by atoms with Crippen LogP contribution in [0.5, 0.6) is 5.75 Å². The number of carbonyl (C=O) groups is 1. The Bertz CT molecular complexity index is 702. The van der Waals surface area contributed by atoms with Crippen LogP contribution >= 0.6 is 0 Å². The minimum absolute atomic E-state index is 0.0677. The number of Topliss-reactive ketones (excluding diaryl/α,β-unsaturated/α-hetero) is 1. The molecule has 5 rings (SSSR count). The zero-order valence-corrected chi connectivity index (χ0v) is 21.4. The Kier molecular flexibility index (Phi) is 9.82. The zero-order chi connectivity index (χ0) is 23.9. The summed E-state index contributed by atoms with van der Waals surface area (Å²) in [6, 6.07) is 8.71. The number of carbonyl (C=O) groups excluding carboxylic acids is 1. The van der Waals surface area contributed by atoms with Gasteiger partial charge in [-0.15, -0.1) is 0 Å². The topological polar surface area (TPSA) is 57.5 Å². The summed E-state index contributed by atoms with van der Waals surface area (Å²) >= 11 is 0. The number of ketones is 1. The molecule has 7 atom stereocenters. The highest BCUT2D eigenvalue weighted by atomic mass is 16.3. The van der Waals surface area contributed by atoms with Crippen molar-refractivity contribution in [2.24, 2.45) is 34.5 Å². The molecule has 0 amide bonds. The Labute approximate surface area is 197 Å². The molecule has 0 saturated heterocycles. The van der Waals surface area contributed by atoms with Gasteiger partial charge in [0, 0.05) is 12.8 Å². The molecule has 32 heavy (non-hydrogen) atoms. The molecule has 0 bridgehead atoms. The van der Waals surface area contributed by atoms with Crippen molar-refractivity contribution in [3.63, 3.8) is 0 Å². The highest BCUT2D eigenvalue weighted by Gasteiger charge is 2.59. The van der Waals surface area contributed by atoms with Crippen molar-refractivity contribution < 1.29 is 15.0 Å². The summed E-state index contributed by atoms with van der Waals surface area (Å²) in [6.45, 7) is 12.8. The molecule has 0 aromatic heterocycles. The highest BCUT2D eigenvalue weighted by Crippen LogP contribution is 2.65. The summed E-state index contributed by atoms with van der Waals surface area (Å²) < 4.78 is 0. The van der Waals surface area contributed by atoms with E-state index in [0.717, 1.165) is 43.4 Å². The fourth-order valence-electron chi connectivity index (χ4n) is 7.45. The second kappa shape index (κ2) is 11.7. The Morgan fingerprint density at radius 3 is 2.03 bits per heavy atom. The average molecular weight is 445 g/mol. The molecule has 7 unspecified atom stereocenters. The molecule has 3 nitrogen and oxygen atoms in total. The molecule has 1 aromatic carbocycles. The third kappa shape index (κ3) is 5.24. The predicted octanol–water partition coefficient (Wildman–Crippen LogP) is 7.40. The van der Waals surface area contributed by atoms with E-state index in [2.05, 4.69) is 13.8 Å². The van der Waals surface area contributed by atoms with Crippen molar-refractivity contribution in [3.05, 3.63) is 30.3 Å². The van der Waals surface area contributed by atoms with Crippen LogP contribution in [0.1, 0.15) is 99.3 Å². The van der Waals surface area contributed by atoms with E-state index in [1.807, 2.05) is 33.8 Å². The van der Waals surface area contributed by atoms with Crippen LogP contribution in [-0.2, 0) is 4.79 Å². The van der Waals surface area contributed by atoms with Crippen molar-refractivity contribution in [1.82, 2.24) is 0 Å². The van der Waals surface area contributed by atoms with Gasteiger partial charge >= 0.3 is 0 Å². The minimum atomic E-state index is -0.0677. The quantitative estimate of drug-likeness (QED) is 0.438. The third-order valence-electron chi connectivity index (χ3n) is 9.19. The van der Waals surface area contributed by atoms with Crippen LogP contribution in [0.4, 0.5) is 0 Å². The van der Waals surface area contributed by atoms with Gasteiger partial charge in [0.15, 0.2) is 0 Å². The molecule has 4 fully saturated rings. The van der Waals surface area contributed by atoms with E-state index in [-0.39, 0.29) is 11.5 Å². The van der Waals surface area contributed by atoms with Crippen molar-refractivity contribution in [2.45, 2.75) is 105 Å². The smallest absolute Gasteiger partial charge is 0.133 e. The lowest BCUT2D eigenvalue weighted by Gasteiger charge is -2.60. The number of rotatable bonds is 0. The summed E-state index contributed by atoms with van der Waals surface area (Å²) in [5.74, 6) is 3.84. The average Bonchev–Trinajstić information content (AvgIpc) is 3.12. The van der Waals surface area contributed by atoms with Crippen LogP contribution in [0.2, 0.25) is 0 Å². The minimum Gasteiger partial charge on any atom is -0.508 e. The lowest BCUT2D eigenvalue weighted by atomic mass is 9.45. The number of aliphatic hydroxyl groups excluding tert-OH is 1. The lowest BCUT2D eigenvalue weighted by Crippen LogP contribution is -2.54. The Morgan fingerprint density at radius 2 is 1.44 bits per heavy atom. The van der Waals surface area contributed by atoms with E-state index in [0.29, 0.717) is 22.9 Å². The first kappa shape index (κ1) is 26.9. The molecule has 0 spiro atoms. The normalized spacial score (nSPS) is 39.3. The first-order chi connectivity index (χ1) is 15.3. The van der Waals surface area contributed by atoms with Crippen molar-refractivity contribution in [1.29, 1.82) is 0 Å². The molecule has 0 aliphatic heterocycles. The van der Waals surface area contributed by atoms with Gasteiger partial charge in [-0.05, 0) is 91.6 Å². The van der Waals surface area contributed by atoms with Gasteiger partial charge < -0.3 is 10.2 Å². The first-order valence-corrected chi connectivity index (χ1v) is 13.3. The van der Waals surface area contributed by atoms with E-state index in [4.69, 9.17) is 5.11 Å². The van der Waals surface area contributed by atoms with Gasteiger partial charge in [-0.1, -0.05) is 59.7 Å². The maximum atomic E-state index is 11.9. The summed E-state index contributed by atoms with van der Waals surface area (Å²) in [5.41, 5.74) is 0.598. The van der Waals surface area contributed by atoms with Crippen LogP contribution in [-0.4, -0.2) is 22.1 Å². The lowest BCUT2D eigenvalue weighted by molar-refractivity contribution is -0.141. The maximum absolute atomic E-state index is 11.9. The van der Waals surface area contributed by atoms with Gasteiger partial charge in [-0.2, -0.15) is 0 Å². The fourth-order valence-corrected chi connectivity index (χ4v) is 7.45. The van der Waals surface area contributed by atoms with Crippen molar-refractivity contribution >= 4 is 5.78 Å². The highest BCUT2D eigenvalue weighted by molar-refractivity contribution is 5.79. The number of fused-ring (bicyclic) bond motifs is 5. The zero-order valence-electron chi connectivity index (χ0n) is 21.4. The molecule has 3 heteroatoms. The number of para-hydroxylation sites is 1. The van der Waals surface area contributed by atoms with Gasteiger partial charge in [0.25, 0.3) is 0 Å². The number of aliphatic hydroxyl groups is 1. The van der Waals surface area contributed by atoms with Crippen LogP contribution in [0, 0.1) is 34.5 Å². The summed E-state index contributed by atoms with van der Waals surface area (Å²) in [7, 11) is 0. The number of benzene rings is 1. The number of phenols is 1. The molecule has 0 radical (unpaired) electrons. The monoisotopic (exact) mass is 444 g/mol. The Morgan fingerprint density at radius 1 is 0.812 bits per heavy atom. The third-order valence-corrected chi connectivity index (χ3v) is 9.19. The van der Waals surface area contributed by atoms with Gasteiger partial charge in [-0.25, -0.2) is 0 Å². The molecule has 2 N–H and O–H groups in total. The number of hydrogen-bond donors (Lipinski definition) is 2. The van der Waals surface area contributed by atoms with Gasteiger partial charge in [0.2, 0.25) is 0 Å². The maximum Gasteiger partial charge on any atom is 0.133 e. The second-order valence-electron chi connectivity index (χ2n) is 10.4. The summed E-state index contributed by atoms with van der Waals surface area (Å²) in [5, 5.41) is 19.1. The molecule has 0 heterocycles. The summed E-state index contributed by atoms with van der Waals surface area (Å²) in [6.07, 6.45) is 10.0. The second-order valence-corrected chi connectivity index (χ2v) is 10.4. The first-order valence-electron chi connectivity index (χ1n) is 13.3. The molecule has 1 aromatic rings. The van der Waals surface area contributed by atoms with E-state index in [9.17, 15) is 9.90 Å². The van der Waals surface area contributed by atoms with E-state index in [1.54, 1.807) is 24.3 Å². The standard InChI is InChI=1S/C19H30O2.C6H6O.2C2H6/c1-18-9-7-13(20)11-12(18)3-4-14-15-5-6-17(21)19(15,2)10-8-16(14)18;7-6-4-2-1-3-5-6;2*1-2/h12,14-17,21H,3-11H2,1-2H3;1-5,7H;2*1-2H3. The Hall–Kier alpha value is -1.35. The van der Waals surface area contributed by atoms with Gasteiger partial charge in [-0.3, -0.25) is 4.79 Å². The van der Waals surface area contributed by atoms with Crippen molar-refractivity contribution in [2.75, 3.05) is 0 Å². The van der Waals surface area contributed by atoms with Crippen LogP contribution < -0.4 is 0 Å². The predicted molar refractivity (Wildman–Crippen MR) is 134 cm³/mol.